The van der Waals surface area contributed by atoms with E-state index in [9.17, 15) is 8.42 Å². The fourth-order valence-corrected chi connectivity index (χ4v) is 15.0. The van der Waals surface area contributed by atoms with E-state index in [0.29, 0.717) is 11.3 Å². The summed E-state index contributed by atoms with van der Waals surface area (Å²) in [6.45, 7) is 3.80. The number of hydrogen-bond donors (Lipinski definition) is 0. The molecule has 0 atom stereocenters. The molecule has 0 aliphatic heterocycles. The molecule has 0 spiro atoms. The first kappa shape index (κ1) is 34.9. The molecule has 0 unspecified atom stereocenters. The van der Waals surface area contributed by atoms with Crippen molar-refractivity contribution in [3.63, 3.8) is 0 Å². The zero-order chi connectivity index (χ0) is 29.3. The Morgan fingerprint density at radius 3 is 1.60 bits per heavy atom. The standard InChI is InChI=1S/C18H33P.C13H20NO3S.2ClH.Ru/c1-4-10-16(11-5-1)19(17-12-6-2-7-13-17)18-14-8-3-9-15-18;1-10(2)17-13-8-7-12(9-11(13)3)18(15,16)14(4,5)6;;;/h16-18H,1-15H2;3,7-10H,1-2,4-6H3;2*1H;/q;+1;;;+2/p-1. The molecule has 0 N–H and O–H groups in total. The van der Waals surface area contributed by atoms with Crippen molar-refractivity contribution in [3.8, 4) is 5.75 Å². The molecule has 1 aromatic rings. The first-order valence-electron chi connectivity index (χ1n) is 15.5. The molecule has 0 aromatic heterocycles. The van der Waals surface area contributed by atoms with Crippen molar-refractivity contribution >= 4 is 41.9 Å². The predicted octanol–water partition coefficient (Wildman–Crippen LogP) is 9.14. The third kappa shape index (κ3) is 10.3. The van der Waals surface area contributed by atoms with Gasteiger partial charge in [0.1, 0.15) is 0 Å². The summed E-state index contributed by atoms with van der Waals surface area (Å²) in [6, 6.07) is 4.77. The van der Waals surface area contributed by atoms with E-state index in [1.165, 1.54) is 17.0 Å². The summed E-state index contributed by atoms with van der Waals surface area (Å²) < 4.78 is 32.2. The van der Waals surface area contributed by atoms with E-state index in [-0.39, 0.29) is 22.8 Å². The second-order valence-corrected chi connectivity index (χ2v) is 24.7. The van der Waals surface area contributed by atoms with Crippen LogP contribution < -0.4 is 4.74 Å². The molecule has 0 bridgehead atoms. The Morgan fingerprint density at radius 1 is 0.825 bits per heavy atom. The van der Waals surface area contributed by atoms with E-state index in [1.54, 1.807) is 140 Å². The Labute approximate surface area is 259 Å². The molecule has 0 amide bonds. The first-order chi connectivity index (χ1) is 18.9. The van der Waals surface area contributed by atoms with E-state index in [2.05, 4.69) is 0 Å². The summed E-state index contributed by atoms with van der Waals surface area (Å²) in [5.74, 6) is 0.588. The molecule has 3 aliphatic rings. The molecular formula is C31H54Cl2NO3PRuS+2. The normalized spacial score (nSPS) is 20.7. The molecule has 9 heteroatoms. The second kappa shape index (κ2) is 16.5. The Morgan fingerprint density at radius 2 is 1.25 bits per heavy atom. The van der Waals surface area contributed by atoms with Gasteiger partial charge < -0.3 is 0 Å². The summed E-state index contributed by atoms with van der Waals surface area (Å²) in [5.41, 5.74) is 4.31. The number of benzene rings is 1. The van der Waals surface area contributed by atoms with Crippen molar-refractivity contribution in [2.75, 3.05) is 21.1 Å². The molecule has 0 heterocycles. The summed E-state index contributed by atoms with van der Waals surface area (Å²) >= 11 is -2.09. The van der Waals surface area contributed by atoms with E-state index < -0.39 is 23.5 Å². The van der Waals surface area contributed by atoms with Crippen LogP contribution in [0, 0.1) is 0 Å². The topological polar surface area (TPSA) is 43.4 Å². The summed E-state index contributed by atoms with van der Waals surface area (Å²) in [6.07, 6.45) is 23.8. The van der Waals surface area contributed by atoms with Gasteiger partial charge in [0.2, 0.25) is 0 Å². The van der Waals surface area contributed by atoms with Gasteiger partial charge >= 0.3 is 140 Å². The number of ether oxygens (including phenoxy) is 1. The number of rotatable bonds is 8. The van der Waals surface area contributed by atoms with Crippen LogP contribution in [0.15, 0.2) is 23.1 Å². The van der Waals surface area contributed by atoms with Gasteiger partial charge in [-0.15, -0.1) is 0 Å². The van der Waals surface area contributed by atoms with Crippen molar-refractivity contribution in [1.82, 2.24) is 0 Å². The van der Waals surface area contributed by atoms with Crippen LogP contribution in [0.25, 0.3) is 0 Å². The SMILES string of the molecule is C1CCC([PH+](C2CCCCC2)C2CCCCC2)CC1.CC(C)Oc1ccc(S(=O)(=O)[N+](C)(C)C)cc1[CH]=[Ru]([Cl])[Cl]. The molecule has 0 saturated heterocycles. The van der Waals surface area contributed by atoms with Gasteiger partial charge in [-0.3, -0.25) is 0 Å². The molecule has 0 radical (unpaired) electrons. The number of halogens is 2. The molecular weight excluding hydrogens is 669 g/mol. The number of nitrogens with zero attached hydrogens (tertiary/aromatic N) is 1. The van der Waals surface area contributed by atoms with Crippen LogP contribution in [0.4, 0.5) is 0 Å². The Balaban J connectivity index is 0.000000221. The van der Waals surface area contributed by atoms with Crippen molar-refractivity contribution in [3.05, 3.63) is 23.8 Å². The van der Waals surface area contributed by atoms with Crippen LogP contribution in [0.1, 0.15) is 116 Å². The van der Waals surface area contributed by atoms with Gasteiger partial charge in [0.05, 0.1) is 17.0 Å². The maximum atomic E-state index is 12.5. The first-order valence-corrected chi connectivity index (χ1v) is 24.1. The van der Waals surface area contributed by atoms with Crippen LogP contribution in [0.5, 0.6) is 5.75 Å². The van der Waals surface area contributed by atoms with E-state index in [0.717, 1.165) is 0 Å². The van der Waals surface area contributed by atoms with Crippen LogP contribution >= 0.6 is 27.3 Å². The molecule has 1 aromatic carbocycles. The van der Waals surface area contributed by atoms with Gasteiger partial charge in [-0.1, -0.05) is 19.3 Å². The Kier molecular flexibility index (Phi) is 14.4. The fraction of sp³-hybridized carbons (Fsp3) is 0.774. The zero-order valence-corrected chi connectivity index (χ0v) is 30.5. The number of sulfonamides is 1. The van der Waals surface area contributed by atoms with Gasteiger partial charge in [0.25, 0.3) is 0 Å². The van der Waals surface area contributed by atoms with Crippen molar-refractivity contribution < 1.29 is 30.6 Å². The number of quaternary nitrogens is 1. The number of hydrogen-bond acceptors (Lipinski definition) is 3. The van der Waals surface area contributed by atoms with Crippen LogP contribution in [0.3, 0.4) is 0 Å². The Hall–Kier alpha value is 0.433. The van der Waals surface area contributed by atoms with E-state index in [1.807, 2.05) is 13.8 Å². The van der Waals surface area contributed by atoms with Gasteiger partial charge in [0.15, 0.2) is 0 Å². The van der Waals surface area contributed by atoms with Gasteiger partial charge in [-0.25, -0.2) is 0 Å². The molecule has 40 heavy (non-hydrogen) atoms. The maximum absolute atomic E-state index is 12.5. The van der Waals surface area contributed by atoms with Gasteiger partial charge in [-0.2, -0.15) is 0 Å². The Bertz CT molecular complexity index is 1010. The summed E-state index contributed by atoms with van der Waals surface area (Å²) in [7, 11) is 13.1. The average molecular weight is 724 g/mol. The minimum atomic E-state index is -3.49. The molecule has 4 nitrogen and oxygen atoms in total. The van der Waals surface area contributed by atoms with Gasteiger partial charge in [0, 0.05) is 7.92 Å². The quantitative estimate of drug-likeness (QED) is 0.153. The fourth-order valence-electron chi connectivity index (χ4n) is 6.84. The predicted molar refractivity (Wildman–Crippen MR) is 173 cm³/mol. The molecule has 3 aliphatic carbocycles. The average Bonchev–Trinajstić information content (AvgIpc) is 2.91. The van der Waals surface area contributed by atoms with Crippen molar-refractivity contribution in [1.29, 1.82) is 0 Å². The molecule has 3 saturated carbocycles. The van der Waals surface area contributed by atoms with Crippen LogP contribution in [-0.4, -0.2) is 61.1 Å². The molecule has 3 fully saturated rings. The molecule has 232 valence electrons. The minimum absolute atomic E-state index is 0.0238. The third-order valence-electron chi connectivity index (χ3n) is 8.78. The second-order valence-electron chi connectivity index (χ2n) is 13.0. The summed E-state index contributed by atoms with van der Waals surface area (Å²) in [5, 5.41) is 0. The van der Waals surface area contributed by atoms with Crippen molar-refractivity contribution in [2.45, 2.75) is 138 Å². The zero-order valence-electron chi connectivity index (χ0n) is 25.4. The van der Waals surface area contributed by atoms with Crippen molar-refractivity contribution in [2.24, 2.45) is 0 Å². The van der Waals surface area contributed by atoms with E-state index in [4.69, 9.17) is 24.1 Å². The summed E-state index contributed by atoms with van der Waals surface area (Å²) in [4.78, 5) is 0.223. The van der Waals surface area contributed by atoms with Crippen LogP contribution in [-0.2, 0) is 23.5 Å². The van der Waals surface area contributed by atoms with E-state index >= 15 is 0 Å². The van der Waals surface area contributed by atoms with Gasteiger partial charge in [-0.05, 0) is 77.0 Å². The monoisotopic (exact) mass is 723 g/mol. The third-order valence-corrected chi connectivity index (χ3v) is 17.5. The molecule has 4 rings (SSSR count). The van der Waals surface area contributed by atoms with Crippen LogP contribution in [0.2, 0.25) is 0 Å².